The Balaban J connectivity index is 2.22. The van der Waals surface area contributed by atoms with E-state index in [1.165, 1.54) is 6.20 Å². The van der Waals surface area contributed by atoms with Crippen molar-refractivity contribution in [1.29, 1.82) is 0 Å². The summed E-state index contributed by atoms with van der Waals surface area (Å²) >= 11 is 0. The maximum absolute atomic E-state index is 11.9. The molecule has 1 heterocycles. The third-order valence-corrected chi connectivity index (χ3v) is 2.14. The van der Waals surface area contributed by atoms with E-state index in [1.54, 1.807) is 22.8 Å². The van der Waals surface area contributed by atoms with E-state index in [4.69, 9.17) is 5.73 Å². The lowest BCUT2D eigenvalue weighted by atomic mass is 10.4. The molecule has 0 atom stereocenters. The first-order valence-corrected chi connectivity index (χ1v) is 4.90. The lowest BCUT2D eigenvalue weighted by molar-refractivity contribution is -0.137. The SMILES string of the molecule is CN(CCn1cc(N)cn1)CCC(F)(F)F. The largest absolute Gasteiger partial charge is 0.396 e. The first kappa shape index (κ1) is 12.8. The molecule has 7 heteroatoms. The van der Waals surface area contributed by atoms with Crippen LogP contribution in [-0.2, 0) is 6.54 Å². The van der Waals surface area contributed by atoms with Gasteiger partial charge in [-0.1, -0.05) is 0 Å². The Labute approximate surface area is 91.8 Å². The summed E-state index contributed by atoms with van der Waals surface area (Å²) in [6, 6.07) is 0. The molecule has 0 aliphatic rings. The van der Waals surface area contributed by atoms with Crippen LogP contribution < -0.4 is 5.73 Å². The van der Waals surface area contributed by atoms with Gasteiger partial charge in [0.15, 0.2) is 0 Å². The zero-order chi connectivity index (χ0) is 12.2. The van der Waals surface area contributed by atoms with Crippen molar-refractivity contribution in [3.8, 4) is 0 Å². The molecule has 16 heavy (non-hydrogen) atoms. The van der Waals surface area contributed by atoms with Crippen LogP contribution in [0.25, 0.3) is 0 Å². The highest BCUT2D eigenvalue weighted by atomic mass is 19.4. The van der Waals surface area contributed by atoms with Crippen molar-refractivity contribution in [2.24, 2.45) is 0 Å². The molecule has 0 saturated carbocycles. The standard InChI is InChI=1S/C9H15F3N4/c1-15(3-2-9(10,11)12)4-5-16-7-8(13)6-14-16/h6-7H,2-5,13H2,1H3. The van der Waals surface area contributed by atoms with Gasteiger partial charge in [0.25, 0.3) is 0 Å². The van der Waals surface area contributed by atoms with Crippen LogP contribution in [0.3, 0.4) is 0 Å². The lowest BCUT2D eigenvalue weighted by Crippen LogP contribution is -2.27. The maximum Gasteiger partial charge on any atom is 0.390 e. The number of alkyl halides is 3. The van der Waals surface area contributed by atoms with Gasteiger partial charge in [-0.05, 0) is 7.05 Å². The molecule has 0 aliphatic heterocycles. The van der Waals surface area contributed by atoms with E-state index in [1.807, 2.05) is 0 Å². The van der Waals surface area contributed by atoms with Crippen molar-refractivity contribution in [3.63, 3.8) is 0 Å². The summed E-state index contributed by atoms with van der Waals surface area (Å²) in [6.07, 6.45) is -1.72. The molecule has 0 unspecified atom stereocenters. The fourth-order valence-electron chi connectivity index (χ4n) is 1.20. The molecular weight excluding hydrogens is 221 g/mol. The normalized spacial score (nSPS) is 12.3. The predicted molar refractivity (Wildman–Crippen MR) is 54.8 cm³/mol. The molecule has 1 aromatic heterocycles. The molecule has 0 aliphatic carbocycles. The van der Waals surface area contributed by atoms with E-state index < -0.39 is 12.6 Å². The Morgan fingerprint density at radius 3 is 2.62 bits per heavy atom. The number of nitrogens with two attached hydrogens (primary N) is 1. The first-order valence-electron chi connectivity index (χ1n) is 4.90. The van der Waals surface area contributed by atoms with Crippen LogP contribution in [0.2, 0.25) is 0 Å². The van der Waals surface area contributed by atoms with E-state index in [0.29, 0.717) is 18.8 Å². The van der Waals surface area contributed by atoms with Crippen LogP contribution >= 0.6 is 0 Å². The molecule has 0 amide bonds. The number of hydrogen-bond donors (Lipinski definition) is 1. The molecule has 0 saturated heterocycles. The smallest absolute Gasteiger partial charge is 0.390 e. The van der Waals surface area contributed by atoms with Crippen LogP contribution in [0.15, 0.2) is 12.4 Å². The Bertz CT molecular complexity index is 321. The van der Waals surface area contributed by atoms with Crippen molar-refractivity contribution in [1.82, 2.24) is 14.7 Å². The summed E-state index contributed by atoms with van der Waals surface area (Å²) in [7, 11) is 1.65. The number of halogens is 3. The summed E-state index contributed by atoms with van der Waals surface area (Å²) in [5, 5.41) is 3.94. The number of rotatable bonds is 5. The second-order valence-corrected chi connectivity index (χ2v) is 3.71. The minimum atomic E-state index is -4.09. The highest BCUT2D eigenvalue weighted by Crippen LogP contribution is 2.19. The fraction of sp³-hybridized carbons (Fsp3) is 0.667. The third-order valence-electron chi connectivity index (χ3n) is 2.14. The molecule has 0 bridgehead atoms. The monoisotopic (exact) mass is 236 g/mol. The van der Waals surface area contributed by atoms with Crippen molar-refractivity contribution in [2.75, 3.05) is 25.9 Å². The average molecular weight is 236 g/mol. The Morgan fingerprint density at radius 1 is 1.44 bits per heavy atom. The fourth-order valence-corrected chi connectivity index (χ4v) is 1.20. The van der Waals surface area contributed by atoms with E-state index in [2.05, 4.69) is 5.10 Å². The van der Waals surface area contributed by atoms with Gasteiger partial charge < -0.3 is 10.6 Å². The van der Waals surface area contributed by atoms with Gasteiger partial charge in [0.2, 0.25) is 0 Å². The highest BCUT2D eigenvalue weighted by molar-refractivity contribution is 5.30. The summed E-state index contributed by atoms with van der Waals surface area (Å²) in [5.41, 5.74) is 6.01. The molecule has 0 fully saturated rings. The zero-order valence-electron chi connectivity index (χ0n) is 9.04. The number of hydrogen-bond acceptors (Lipinski definition) is 3. The van der Waals surface area contributed by atoms with Crippen molar-refractivity contribution < 1.29 is 13.2 Å². The van der Waals surface area contributed by atoms with Crippen LogP contribution in [-0.4, -0.2) is 41.0 Å². The van der Waals surface area contributed by atoms with Crippen LogP contribution in [0.4, 0.5) is 18.9 Å². The third kappa shape index (κ3) is 5.01. The number of likely N-dealkylation sites (N-methyl/N-ethyl adjacent to an activating group) is 1. The molecule has 1 rings (SSSR count). The highest BCUT2D eigenvalue weighted by Gasteiger charge is 2.26. The maximum atomic E-state index is 11.9. The molecular formula is C9H15F3N4. The average Bonchev–Trinajstić information content (AvgIpc) is 2.57. The Morgan fingerprint density at radius 2 is 2.12 bits per heavy atom. The van der Waals surface area contributed by atoms with E-state index in [9.17, 15) is 13.2 Å². The van der Waals surface area contributed by atoms with E-state index in [-0.39, 0.29) is 6.54 Å². The molecule has 4 nitrogen and oxygen atoms in total. The molecule has 1 aromatic rings. The second kappa shape index (κ2) is 5.20. The lowest BCUT2D eigenvalue weighted by Gasteiger charge is -2.17. The van der Waals surface area contributed by atoms with Gasteiger partial charge in [0.05, 0.1) is 24.8 Å². The van der Waals surface area contributed by atoms with Crippen LogP contribution in [0, 0.1) is 0 Å². The molecule has 92 valence electrons. The quantitative estimate of drug-likeness (QED) is 0.839. The van der Waals surface area contributed by atoms with Gasteiger partial charge in [-0.25, -0.2) is 0 Å². The van der Waals surface area contributed by atoms with Crippen molar-refractivity contribution in [2.45, 2.75) is 19.1 Å². The van der Waals surface area contributed by atoms with Gasteiger partial charge in [-0.3, -0.25) is 4.68 Å². The number of aromatic nitrogens is 2. The summed E-state index contributed by atoms with van der Waals surface area (Å²) in [5.74, 6) is 0. The Hall–Kier alpha value is -1.24. The number of nitrogen functional groups attached to an aromatic ring is 1. The Kier molecular flexibility index (Phi) is 4.17. The number of nitrogens with zero attached hydrogens (tertiary/aromatic N) is 3. The minimum absolute atomic E-state index is 0.000249. The van der Waals surface area contributed by atoms with Crippen LogP contribution in [0.5, 0.6) is 0 Å². The zero-order valence-corrected chi connectivity index (χ0v) is 9.04. The second-order valence-electron chi connectivity index (χ2n) is 3.71. The van der Waals surface area contributed by atoms with E-state index >= 15 is 0 Å². The molecule has 0 spiro atoms. The summed E-state index contributed by atoms with van der Waals surface area (Å²) < 4.78 is 37.4. The minimum Gasteiger partial charge on any atom is -0.396 e. The van der Waals surface area contributed by atoms with Gasteiger partial charge in [0.1, 0.15) is 0 Å². The van der Waals surface area contributed by atoms with Crippen LogP contribution in [0.1, 0.15) is 6.42 Å². The van der Waals surface area contributed by atoms with Gasteiger partial charge >= 0.3 is 6.18 Å². The topological polar surface area (TPSA) is 47.1 Å². The van der Waals surface area contributed by atoms with Gasteiger partial charge in [0, 0.05) is 19.3 Å². The number of anilines is 1. The van der Waals surface area contributed by atoms with Crippen molar-refractivity contribution in [3.05, 3.63) is 12.4 Å². The van der Waals surface area contributed by atoms with E-state index in [0.717, 1.165) is 0 Å². The van der Waals surface area contributed by atoms with Crippen molar-refractivity contribution >= 4 is 5.69 Å². The predicted octanol–water partition coefficient (Wildman–Crippen LogP) is 1.35. The molecule has 0 aromatic carbocycles. The summed E-state index contributed by atoms with van der Waals surface area (Å²) in [6.45, 7) is 1.04. The first-order chi connectivity index (χ1) is 7.37. The molecule has 0 radical (unpaired) electrons. The summed E-state index contributed by atoms with van der Waals surface area (Å²) in [4.78, 5) is 1.62. The van der Waals surface area contributed by atoms with Gasteiger partial charge in [-0.15, -0.1) is 0 Å². The van der Waals surface area contributed by atoms with Gasteiger partial charge in [-0.2, -0.15) is 18.3 Å². The molecule has 2 N–H and O–H groups in total.